The predicted molar refractivity (Wildman–Crippen MR) is 161 cm³/mol. The van der Waals surface area contributed by atoms with Crippen LogP contribution in [0.5, 0.6) is 11.5 Å². The maximum Gasteiger partial charge on any atom is 0.270 e. The van der Waals surface area contributed by atoms with Crippen molar-refractivity contribution >= 4 is 39.8 Å². The number of ether oxygens (including phenoxy) is 2. The second kappa shape index (κ2) is 12.7. The van der Waals surface area contributed by atoms with Gasteiger partial charge in [0.15, 0.2) is 10.3 Å². The number of thioether (sulfide) groups is 1. The molecular formula is C29H25N5O5S2. The molecule has 0 spiro atoms. The number of hydrogen-bond donors (Lipinski definition) is 2. The summed E-state index contributed by atoms with van der Waals surface area (Å²) < 4.78 is 10.6. The second-order valence-corrected chi connectivity index (χ2v) is 10.7. The zero-order valence-electron chi connectivity index (χ0n) is 22.1. The molecule has 0 atom stereocenters. The molecular weight excluding hydrogens is 562 g/mol. The van der Waals surface area contributed by atoms with Gasteiger partial charge in [0.1, 0.15) is 11.5 Å². The van der Waals surface area contributed by atoms with E-state index in [-0.39, 0.29) is 18.0 Å². The molecule has 12 heteroatoms. The predicted octanol–water partition coefficient (Wildman–Crippen LogP) is 6.91. The summed E-state index contributed by atoms with van der Waals surface area (Å²) >= 11 is 2.71. The van der Waals surface area contributed by atoms with Crippen molar-refractivity contribution in [2.45, 2.75) is 11.6 Å². The molecule has 2 aromatic heterocycles. The molecule has 1 amide bonds. The molecule has 2 N–H and O–H groups in total. The number of nitro benzene ring substituents is 1. The number of imidazole rings is 1. The number of thiazole rings is 1. The topological polar surface area (TPSA) is 132 Å². The van der Waals surface area contributed by atoms with Gasteiger partial charge in [-0.2, -0.15) is 0 Å². The van der Waals surface area contributed by atoms with Gasteiger partial charge in [0.05, 0.1) is 36.2 Å². The number of aromatic amines is 1. The average Bonchev–Trinajstić information content (AvgIpc) is 3.65. The van der Waals surface area contributed by atoms with Gasteiger partial charge in [0, 0.05) is 46.4 Å². The molecule has 0 aliphatic carbocycles. The van der Waals surface area contributed by atoms with Gasteiger partial charge in [0.25, 0.3) is 5.69 Å². The summed E-state index contributed by atoms with van der Waals surface area (Å²) in [6.07, 6.45) is 0.243. The number of nitrogens with one attached hydrogen (secondary N) is 2. The number of non-ortho nitro benzene ring substituents is 1. The van der Waals surface area contributed by atoms with Crippen molar-refractivity contribution in [2.75, 3.05) is 25.3 Å². The maximum atomic E-state index is 12.6. The minimum absolute atomic E-state index is 0.0127. The lowest BCUT2D eigenvalue weighted by Crippen LogP contribution is -2.12. The van der Waals surface area contributed by atoms with Crippen molar-refractivity contribution in [3.05, 3.63) is 88.3 Å². The summed E-state index contributed by atoms with van der Waals surface area (Å²) in [5, 5.41) is 16.8. The zero-order chi connectivity index (χ0) is 28.8. The Balaban J connectivity index is 1.25. The zero-order valence-corrected chi connectivity index (χ0v) is 23.8. The van der Waals surface area contributed by atoms with E-state index in [4.69, 9.17) is 14.5 Å². The van der Waals surface area contributed by atoms with Crippen LogP contribution in [0.1, 0.15) is 6.42 Å². The average molecular weight is 588 g/mol. The van der Waals surface area contributed by atoms with Crippen LogP contribution in [-0.2, 0) is 4.79 Å². The third kappa shape index (κ3) is 6.73. The Morgan fingerprint density at radius 3 is 2.32 bits per heavy atom. The Morgan fingerprint density at radius 1 is 0.976 bits per heavy atom. The lowest BCUT2D eigenvalue weighted by atomic mass is 10.0. The number of rotatable bonds is 11. The van der Waals surface area contributed by atoms with Crippen LogP contribution in [0.25, 0.3) is 33.8 Å². The number of methoxy groups -OCH3 is 2. The highest BCUT2D eigenvalue weighted by molar-refractivity contribution is 7.99. The number of carbonyl (C=O) groups is 1. The van der Waals surface area contributed by atoms with Crippen LogP contribution in [0.2, 0.25) is 0 Å². The molecule has 0 radical (unpaired) electrons. The Morgan fingerprint density at radius 2 is 1.66 bits per heavy atom. The molecule has 0 fully saturated rings. The van der Waals surface area contributed by atoms with Crippen LogP contribution >= 0.6 is 23.1 Å². The van der Waals surface area contributed by atoms with E-state index in [1.807, 2.05) is 48.5 Å². The molecule has 0 aliphatic heterocycles. The molecule has 5 aromatic rings. The third-order valence-corrected chi connectivity index (χ3v) is 7.73. The van der Waals surface area contributed by atoms with Crippen LogP contribution in [-0.4, -0.2) is 45.8 Å². The van der Waals surface area contributed by atoms with Gasteiger partial charge in [-0.25, -0.2) is 9.97 Å². The normalized spacial score (nSPS) is 10.8. The lowest BCUT2D eigenvalue weighted by Gasteiger charge is -2.06. The van der Waals surface area contributed by atoms with Crippen molar-refractivity contribution < 1.29 is 19.2 Å². The largest absolute Gasteiger partial charge is 0.497 e. The Bertz CT molecular complexity index is 1600. The van der Waals surface area contributed by atoms with Crippen molar-refractivity contribution in [1.82, 2.24) is 15.0 Å². The van der Waals surface area contributed by atoms with E-state index in [1.54, 1.807) is 31.7 Å². The lowest BCUT2D eigenvalue weighted by molar-refractivity contribution is -0.384. The number of aromatic nitrogens is 3. The number of H-pyrrole nitrogens is 1. The minimum atomic E-state index is -0.449. The van der Waals surface area contributed by atoms with Crippen LogP contribution in [0.15, 0.2) is 83.3 Å². The number of nitro groups is 1. The monoisotopic (exact) mass is 587 g/mol. The number of nitrogens with zero attached hydrogens (tertiary/aromatic N) is 3. The number of amides is 1. The standard InChI is InChI=1S/C29H25N5O5S2/c1-38-22-10-6-18(7-11-22)26-27(19-8-12-23(39-2)13-9-19)33-29(32-26)40-15-14-25(35)31-28-30-24(17-41-28)20-4-3-5-21(16-20)34(36)37/h3-13,16-17H,14-15H2,1-2H3,(H,32,33)(H,30,31,35). The third-order valence-electron chi connectivity index (χ3n) is 6.10. The first kappa shape index (κ1) is 27.9. The van der Waals surface area contributed by atoms with Gasteiger partial charge in [0.2, 0.25) is 5.91 Å². The first-order valence-electron chi connectivity index (χ1n) is 12.5. The van der Waals surface area contributed by atoms with Crippen LogP contribution in [0.4, 0.5) is 10.8 Å². The number of benzene rings is 3. The molecule has 3 aromatic carbocycles. The summed E-state index contributed by atoms with van der Waals surface area (Å²) in [7, 11) is 3.26. The summed E-state index contributed by atoms with van der Waals surface area (Å²) in [6.45, 7) is 0. The van der Waals surface area contributed by atoms with Gasteiger partial charge in [-0.05, 0) is 48.5 Å². The highest BCUT2D eigenvalue weighted by Crippen LogP contribution is 2.34. The molecule has 208 valence electrons. The fourth-order valence-electron chi connectivity index (χ4n) is 4.01. The highest BCUT2D eigenvalue weighted by Gasteiger charge is 2.16. The summed E-state index contributed by atoms with van der Waals surface area (Å²) in [5.41, 5.74) is 4.71. The van der Waals surface area contributed by atoms with E-state index in [9.17, 15) is 14.9 Å². The van der Waals surface area contributed by atoms with Crippen LogP contribution < -0.4 is 14.8 Å². The van der Waals surface area contributed by atoms with E-state index in [0.717, 1.165) is 34.0 Å². The van der Waals surface area contributed by atoms with Gasteiger partial charge in [-0.15, -0.1) is 11.3 Å². The molecule has 10 nitrogen and oxygen atoms in total. The maximum absolute atomic E-state index is 12.6. The summed E-state index contributed by atoms with van der Waals surface area (Å²) in [6, 6.07) is 21.7. The first-order valence-corrected chi connectivity index (χ1v) is 14.3. The first-order chi connectivity index (χ1) is 19.9. The van der Waals surface area contributed by atoms with Gasteiger partial charge in [-0.3, -0.25) is 14.9 Å². The molecule has 0 unspecified atom stereocenters. The van der Waals surface area contributed by atoms with Gasteiger partial charge < -0.3 is 19.8 Å². The van der Waals surface area contributed by atoms with Crippen LogP contribution in [0.3, 0.4) is 0 Å². The van der Waals surface area contributed by atoms with E-state index in [0.29, 0.717) is 27.3 Å². The van der Waals surface area contributed by atoms with E-state index in [1.165, 1.54) is 35.2 Å². The second-order valence-electron chi connectivity index (χ2n) is 8.71. The summed E-state index contributed by atoms with van der Waals surface area (Å²) in [5.74, 6) is 1.83. The van der Waals surface area contributed by atoms with Crippen molar-refractivity contribution in [3.63, 3.8) is 0 Å². The molecule has 5 rings (SSSR count). The molecule has 0 bridgehead atoms. The van der Waals surface area contributed by atoms with Gasteiger partial charge >= 0.3 is 0 Å². The molecule has 0 saturated heterocycles. The molecule has 0 aliphatic rings. The number of hydrogen-bond acceptors (Lipinski definition) is 9. The summed E-state index contributed by atoms with van der Waals surface area (Å²) in [4.78, 5) is 35.9. The Labute approximate surface area is 243 Å². The van der Waals surface area contributed by atoms with Gasteiger partial charge in [-0.1, -0.05) is 23.9 Å². The van der Waals surface area contributed by atoms with Crippen molar-refractivity contribution in [2.24, 2.45) is 0 Å². The number of carbonyl (C=O) groups excluding carboxylic acids is 1. The SMILES string of the molecule is COc1ccc(-c2nc(SCCC(=O)Nc3nc(-c4cccc([N+](=O)[O-])c4)cs3)[nH]c2-c2ccc(OC)cc2)cc1. The molecule has 0 saturated carbocycles. The smallest absolute Gasteiger partial charge is 0.270 e. The van der Waals surface area contributed by atoms with E-state index >= 15 is 0 Å². The number of anilines is 1. The van der Waals surface area contributed by atoms with Crippen LogP contribution in [0, 0.1) is 10.1 Å². The highest BCUT2D eigenvalue weighted by atomic mass is 32.2. The quantitative estimate of drug-likeness (QED) is 0.0967. The minimum Gasteiger partial charge on any atom is -0.497 e. The van der Waals surface area contributed by atoms with Crippen molar-refractivity contribution in [1.29, 1.82) is 0 Å². The molecule has 2 heterocycles. The molecule has 41 heavy (non-hydrogen) atoms. The fourth-order valence-corrected chi connectivity index (χ4v) is 5.56. The van der Waals surface area contributed by atoms with Crippen molar-refractivity contribution in [3.8, 4) is 45.3 Å². The van der Waals surface area contributed by atoms with E-state index in [2.05, 4.69) is 15.3 Å². The Kier molecular flexibility index (Phi) is 8.61. The Hall–Kier alpha value is -4.68. The fraction of sp³-hybridized carbons (Fsp3) is 0.138. The van der Waals surface area contributed by atoms with E-state index < -0.39 is 4.92 Å².